The second kappa shape index (κ2) is 7.39. The van der Waals surface area contributed by atoms with Gasteiger partial charge in [-0.15, -0.1) is 0 Å². The van der Waals surface area contributed by atoms with E-state index >= 15 is 0 Å². The number of ether oxygens (including phenoxy) is 2. The van der Waals surface area contributed by atoms with Gasteiger partial charge < -0.3 is 14.8 Å². The molecule has 0 atom stereocenters. The van der Waals surface area contributed by atoms with Gasteiger partial charge in [0.15, 0.2) is 11.5 Å². The van der Waals surface area contributed by atoms with Gasteiger partial charge in [0.2, 0.25) is 0 Å². The van der Waals surface area contributed by atoms with Crippen molar-refractivity contribution in [3.63, 3.8) is 0 Å². The summed E-state index contributed by atoms with van der Waals surface area (Å²) in [6.45, 7) is 4.61. The molecule has 0 unspecified atom stereocenters. The number of benzene rings is 1. The van der Waals surface area contributed by atoms with Crippen LogP contribution in [0, 0.1) is 5.92 Å². The molecule has 19 heavy (non-hydrogen) atoms. The lowest BCUT2D eigenvalue weighted by Gasteiger charge is -2.15. The number of nitrogens with one attached hydrogen (secondary N) is 1. The van der Waals surface area contributed by atoms with Crippen molar-refractivity contribution in [2.45, 2.75) is 39.2 Å². The lowest BCUT2D eigenvalue weighted by atomic mass is 10.1. The summed E-state index contributed by atoms with van der Waals surface area (Å²) >= 11 is 0. The zero-order chi connectivity index (χ0) is 13.5. The molecular formula is C16H25NO2. The number of methoxy groups -OCH3 is 1. The molecule has 106 valence electrons. The van der Waals surface area contributed by atoms with Gasteiger partial charge in [-0.25, -0.2) is 0 Å². The first kappa shape index (κ1) is 14.2. The second-order valence-corrected chi connectivity index (χ2v) is 5.16. The number of hydrogen-bond acceptors (Lipinski definition) is 3. The maximum absolute atomic E-state index is 5.60. The molecule has 2 rings (SSSR count). The molecule has 1 aromatic rings. The zero-order valence-electron chi connectivity index (χ0n) is 12.1. The smallest absolute Gasteiger partial charge is 0.165 e. The molecule has 1 saturated carbocycles. The van der Waals surface area contributed by atoms with Gasteiger partial charge in [-0.1, -0.05) is 25.0 Å². The molecule has 0 amide bonds. The van der Waals surface area contributed by atoms with Crippen molar-refractivity contribution in [2.24, 2.45) is 5.92 Å². The first-order valence-electron chi connectivity index (χ1n) is 7.34. The summed E-state index contributed by atoms with van der Waals surface area (Å²) in [5.74, 6) is 2.56. The summed E-state index contributed by atoms with van der Waals surface area (Å²) in [4.78, 5) is 0. The van der Waals surface area contributed by atoms with Gasteiger partial charge in [0, 0.05) is 12.1 Å². The highest BCUT2D eigenvalue weighted by Crippen LogP contribution is 2.31. The number of rotatable bonds is 7. The fourth-order valence-corrected chi connectivity index (χ4v) is 2.83. The van der Waals surface area contributed by atoms with E-state index < -0.39 is 0 Å². The minimum atomic E-state index is 0.662. The van der Waals surface area contributed by atoms with Crippen LogP contribution in [0.25, 0.3) is 0 Å². The zero-order valence-corrected chi connectivity index (χ0v) is 12.1. The summed E-state index contributed by atoms with van der Waals surface area (Å²) in [7, 11) is 1.71. The van der Waals surface area contributed by atoms with E-state index in [2.05, 4.69) is 11.4 Å². The van der Waals surface area contributed by atoms with Gasteiger partial charge in [-0.2, -0.15) is 0 Å². The van der Waals surface area contributed by atoms with Crippen molar-refractivity contribution < 1.29 is 9.47 Å². The van der Waals surface area contributed by atoms with Crippen LogP contribution < -0.4 is 14.8 Å². The second-order valence-electron chi connectivity index (χ2n) is 5.16. The number of hydrogen-bond donors (Lipinski definition) is 1. The van der Waals surface area contributed by atoms with Crippen LogP contribution in [0.3, 0.4) is 0 Å². The highest BCUT2D eigenvalue weighted by atomic mass is 16.5. The highest BCUT2D eigenvalue weighted by molar-refractivity contribution is 5.46. The van der Waals surface area contributed by atoms with E-state index in [1.54, 1.807) is 7.11 Å². The first-order chi connectivity index (χ1) is 9.35. The Morgan fingerprint density at radius 2 is 2.05 bits per heavy atom. The molecule has 0 saturated heterocycles. The van der Waals surface area contributed by atoms with Gasteiger partial charge in [-0.05, 0) is 38.3 Å². The fraction of sp³-hybridized carbons (Fsp3) is 0.625. The van der Waals surface area contributed by atoms with Crippen LogP contribution in [0.5, 0.6) is 11.5 Å². The van der Waals surface area contributed by atoms with E-state index in [-0.39, 0.29) is 0 Å². The SMILES string of the molecule is CCOc1cccc(CNCC2CCCC2)c1OC. The Bertz CT molecular complexity index is 386. The third-order valence-corrected chi connectivity index (χ3v) is 3.79. The van der Waals surface area contributed by atoms with Crippen molar-refractivity contribution in [2.75, 3.05) is 20.3 Å². The molecule has 3 heteroatoms. The van der Waals surface area contributed by atoms with Crippen LogP contribution in [0.15, 0.2) is 18.2 Å². The summed E-state index contributed by atoms with van der Waals surface area (Å²) in [6.07, 6.45) is 5.55. The Morgan fingerprint density at radius 1 is 1.26 bits per heavy atom. The van der Waals surface area contributed by atoms with E-state index in [0.717, 1.165) is 30.5 Å². The molecule has 0 bridgehead atoms. The molecular weight excluding hydrogens is 238 g/mol. The van der Waals surface area contributed by atoms with Gasteiger partial charge in [0.1, 0.15) is 0 Å². The monoisotopic (exact) mass is 263 g/mol. The standard InChI is InChI=1S/C16H25NO2/c1-3-19-15-10-6-9-14(16(15)18-2)12-17-11-13-7-4-5-8-13/h6,9-10,13,17H,3-5,7-8,11-12H2,1-2H3. The van der Waals surface area contributed by atoms with Gasteiger partial charge in [0.05, 0.1) is 13.7 Å². The molecule has 3 nitrogen and oxygen atoms in total. The van der Waals surface area contributed by atoms with Gasteiger partial charge >= 0.3 is 0 Å². The summed E-state index contributed by atoms with van der Waals surface area (Å²) in [5.41, 5.74) is 1.17. The Hall–Kier alpha value is -1.22. The predicted octanol–water partition coefficient (Wildman–Crippen LogP) is 3.37. The van der Waals surface area contributed by atoms with Crippen molar-refractivity contribution in [3.8, 4) is 11.5 Å². The Labute approximate surface area is 116 Å². The molecule has 1 fully saturated rings. The normalized spacial score (nSPS) is 15.7. The maximum Gasteiger partial charge on any atom is 0.165 e. The van der Waals surface area contributed by atoms with E-state index in [4.69, 9.17) is 9.47 Å². The van der Waals surface area contributed by atoms with Crippen molar-refractivity contribution >= 4 is 0 Å². The van der Waals surface area contributed by atoms with Crippen molar-refractivity contribution in [3.05, 3.63) is 23.8 Å². The minimum absolute atomic E-state index is 0.662. The third kappa shape index (κ3) is 3.87. The van der Waals surface area contributed by atoms with E-state index in [0.29, 0.717) is 6.61 Å². The molecule has 0 aromatic heterocycles. The van der Waals surface area contributed by atoms with E-state index in [1.807, 2.05) is 19.1 Å². The van der Waals surface area contributed by atoms with Crippen LogP contribution in [0.4, 0.5) is 0 Å². The van der Waals surface area contributed by atoms with Crippen LogP contribution in [0.1, 0.15) is 38.2 Å². The molecule has 0 radical (unpaired) electrons. The highest BCUT2D eigenvalue weighted by Gasteiger charge is 2.15. The maximum atomic E-state index is 5.60. The lowest BCUT2D eigenvalue weighted by molar-refractivity contribution is 0.308. The topological polar surface area (TPSA) is 30.5 Å². The van der Waals surface area contributed by atoms with Crippen LogP contribution in [-0.2, 0) is 6.54 Å². The minimum Gasteiger partial charge on any atom is -0.493 e. The van der Waals surface area contributed by atoms with Crippen molar-refractivity contribution in [1.29, 1.82) is 0 Å². The predicted molar refractivity (Wildman–Crippen MR) is 77.8 cm³/mol. The average Bonchev–Trinajstić information content (AvgIpc) is 2.93. The van der Waals surface area contributed by atoms with Gasteiger partial charge in [-0.3, -0.25) is 0 Å². The first-order valence-corrected chi connectivity index (χ1v) is 7.34. The van der Waals surface area contributed by atoms with E-state index in [9.17, 15) is 0 Å². The largest absolute Gasteiger partial charge is 0.493 e. The molecule has 1 aliphatic rings. The third-order valence-electron chi connectivity index (χ3n) is 3.79. The average molecular weight is 263 g/mol. The fourth-order valence-electron chi connectivity index (χ4n) is 2.83. The summed E-state index contributed by atoms with van der Waals surface area (Å²) < 4.78 is 11.1. The Morgan fingerprint density at radius 3 is 2.74 bits per heavy atom. The quantitative estimate of drug-likeness (QED) is 0.818. The molecule has 1 aromatic carbocycles. The number of para-hydroxylation sites is 1. The van der Waals surface area contributed by atoms with E-state index in [1.165, 1.54) is 31.2 Å². The lowest BCUT2D eigenvalue weighted by Crippen LogP contribution is -2.21. The molecule has 1 aliphatic carbocycles. The molecule has 0 aliphatic heterocycles. The van der Waals surface area contributed by atoms with Crippen LogP contribution in [0.2, 0.25) is 0 Å². The van der Waals surface area contributed by atoms with Gasteiger partial charge in [0.25, 0.3) is 0 Å². The van der Waals surface area contributed by atoms with Crippen molar-refractivity contribution in [1.82, 2.24) is 5.32 Å². The summed E-state index contributed by atoms with van der Waals surface area (Å²) in [6, 6.07) is 6.09. The Kier molecular flexibility index (Phi) is 5.52. The molecule has 1 N–H and O–H groups in total. The van der Waals surface area contributed by atoms with Crippen LogP contribution in [-0.4, -0.2) is 20.3 Å². The Balaban J connectivity index is 1.92. The molecule has 0 spiro atoms. The van der Waals surface area contributed by atoms with Crippen LogP contribution >= 0.6 is 0 Å². The molecule has 0 heterocycles. The summed E-state index contributed by atoms with van der Waals surface area (Å²) in [5, 5.41) is 3.55.